The highest BCUT2D eigenvalue weighted by Gasteiger charge is 2.03. The number of alkyl halides is 2. The van der Waals surface area contributed by atoms with Crippen molar-refractivity contribution in [3.63, 3.8) is 0 Å². The van der Waals surface area contributed by atoms with Gasteiger partial charge in [0, 0.05) is 10.2 Å². The minimum Gasteiger partial charge on any atom is -0.346 e. The van der Waals surface area contributed by atoms with Gasteiger partial charge < -0.3 is 14.9 Å². The smallest absolute Gasteiger partial charge is 0.266 e. The first-order valence-electron chi connectivity index (χ1n) is 2.34. The second-order valence-corrected chi connectivity index (χ2v) is 3.35. The monoisotopic (exact) mass is 262 g/mol. The molecular weight excluding hydrogens is 256 g/mol. The molecule has 0 aromatic heterocycles. The molecule has 9 heavy (non-hydrogen) atoms. The number of hydrogen-bond acceptors (Lipinski definition) is 3. The highest BCUT2D eigenvalue weighted by Crippen LogP contribution is 2.03. The lowest BCUT2D eigenvalue weighted by atomic mass is 10.5. The van der Waals surface area contributed by atoms with Crippen molar-refractivity contribution in [3.05, 3.63) is 0 Å². The third-order valence-corrected chi connectivity index (χ3v) is 2.83. The normalized spacial score (nSPS) is 14.3. The predicted octanol–water partition coefficient (Wildman–Crippen LogP) is 0.430. The van der Waals surface area contributed by atoms with Crippen LogP contribution in [0, 0.1) is 0 Å². The molecule has 0 amide bonds. The van der Waals surface area contributed by atoms with Crippen molar-refractivity contribution >= 4 is 31.9 Å². The number of aliphatic hydroxyl groups excluding tert-OH is 1. The van der Waals surface area contributed by atoms with Crippen molar-refractivity contribution in [1.29, 1.82) is 0 Å². The second kappa shape index (κ2) is 5.61. The van der Waals surface area contributed by atoms with E-state index < -0.39 is 6.48 Å². The Balaban J connectivity index is 3.06. The summed E-state index contributed by atoms with van der Waals surface area (Å²) < 4.78 is 4.43. The molecule has 2 N–H and O–H groups in total. The van der Waals surface area contributed by atoms with Crippen molar-refractivity contribution < 1.29 is 14.9 Å². The van der Waals surface area contributed by atoms with Crippen LogP contribution < -0.4 is 0 Å². The largest absolute Gasteiger partial charge is 0.346 e. The molecule has 0 saturated carbocycles. The van der Waals surface area contributed by atoms with Gasteiger partial charge in [-0.25, -0.2) is 0 Å². The van der Waals surface area contributed by atoms with Crippen LogP contribution in [0.25, 0.3) is 0 Å². The Bertz CT molecular complexity index is 68.8. The molecule has 56 valence electrons. The van der Waals surface area contributed by atoms with E-state index in [4.69, 9.17) is 10.2 Å². The van der Waals surface area contributed by atoms with E-state index in [0.29, 0.717) is 0 Å². The Kier molecular flexibility index (Phi) is 6.14. The summed E-state index contributed by atoms with van der Waals surface area (Å²) in [4.78, 5) is 0.124. The summed E-state index contributed by atoms with van der Waals surface area (Å²) >= 11 is 6.39. The lowest BCUT2D eigenvalue weighted by Crippen LogP contribution is -2.17. The van der Waals surface area contributed by atoms with E-state index in [1.165, 1.54) is 0 Å². The Hall–Kier alpha value is 0.840. The average molecular weight is 264 g/mol. The number of halogens is 2. The van der Waals surface area contributed by atoms with Crippen LogP contribution in [-0.2, 0) is 4.74 Å². The zero-order chi connectivity index (χ0) is 7.28. The molecule has 0 heterocycles. The minimum absolute atomic E-state index is 0.124. The van der Waals surface area contributed by atoms with Gasteiger partial charge in [-0.05, 0) is 0 Å². The third-order valence-electron chi connectivity index (χ3n) is 0.594. The Morgan fingerprint density at radius 1 is 1.44 bits per heavy atom. The van der Waals surface area contributed by atoms with Gasteiger partial charge in [-0.3, -0.25) is 0 Å². The molecule has 0 fully saturated rings. The van der Waals surface area contributed by atoms with E-state index in [9.17, 15) is 0 Å². The molecule has 0 radical (unpaired) electrons. The van der Waals surface area contributed by atoms with E-state index in [0.717, 1.165) is 5.33 Å². The van der Waals surface area contributed by atoms with E-state index in [1.54, 1.807) is 0 Å². The molecule has 0 aliphatic carbocycles. The number of hydrogen-bond donors (Lipinski definition) is 2. The maximum Gasteiger partial charge on any atom is 0.266 e. The quantitative estimate of drug-likeness (QED) is 0.571. The number of aliphatic hydroxyl groups is 2. The molecule has 0 rings (SSSR count). The fourth-order valence-corrected chi connectivity index (χ4v) is 0.575. The summed E-state index contributed by atoms with van der Waals surface area (Å²) in [5, 5.41) is 17.1. The second-order valence-electron chi connectivity index (χ2n) is 1.41. The first kappa shape index (κ1) is 9.84. The molecule has 0 saturated heterocycles. The zero-order valence-electron chi connectivity index (χ0n) is 4.63. The number of ether oxygens (including phenoxy) is 1. The van der Waals surface area contributed by atoms with Crippen molar-refractivity contribution in [2.45, 2.75) is 11.3 Å². The van der Waals surface area contributed by atoms with Gasteiger partial charge in [-0.2, -0.15) is 0 Å². The minimum atomic E-state index is -1.66. The Morgan fingerprint density at radius 2 is 2.00 bits per heavy atom. The van der Waals surface area contributed by atoms with Gasteiger partial charge in [-0.15, -0.1) is 0 Å². The van der Waals surface area contributed by atoms with Gasteiger partial charge in [0.1, 0.15) is 0 Å². The van der Waals surface area contributed by atoms with Gasteiger partial charge in [0.2, 0.25) is 0 Å². The Morgan fingerprint density at radius 3 is 2.33 bits per heavy atom. The summed E-state index contributed by atoms with van der Waals surface area (Å²) in [6.45, 7) is -1.38. The molecular formula is C4H8Br2O3. The molecule has 1 unspecified atom stereocenters. The topological polar surface area (TPSA) is 49.7 Å². The van der Waals surface area contributed by atoms with Crippen LogP contribution in [0.2, 0.25) is 0 Å². The molecule has 3 nitrogen and oxygen atoms in total. The van der Waals surface area contributed by atoms with Crippen LogP contribution >= 0.6 is 31.9 Å². The maximum atomic E-state index is 8.19. The molecule has 1 atom stereocenters. The van der Waals surface area contributed by atoms with Gasteiger partial charge >= 0.3 is 0 Å². The predicted molar refractivity (Wildman–Crippen MR) is 40.7 cm³/mol. The highest BCUT2D eigenvalue weighted by molar-refractivity contribution is 9.12. The molecule has 0 bridgehead atoms. The van der Waals surface area contributed by atoms with Crippen molar-refractivity contribution in [2.75, 3.05) is 11.9 Å². The third kappa shape index (κ3) is 6.73. The Labute approximate surface area is 70.3 Å². The zero-order valence-corrected chi connectivity index (χ0v) is 7.80. The maximum absolute atomic E-state index is 8.19. The van der Waals surface area contributed by atoms with Crippen LogP contribution in [-0.4, -0.2) is 33.5 Å². The van der Waals surface area contributed by atoms with Gasteiger partial charge in [-0.1, -0.05) is 31.9 Å². The number of rotatable bonds is 4. The van der Waals surface area contributed by atoms with E-state index >= 15 is 0 Å². The lowest BCUT2D eigenvalue weighted by molar-refractivity contribution is -0.232. The highest BCUT2D eigenvalue weighted by atomic mass is 79.9. The van der Waals surface area contributed by atoms with E-state index in [1.807, 2.05) is 0 Å². The van der Waals surface area contributed by atoms with Crippen molar-refractivity contribution in [3.8, 4) is 0 Å². The summed E-state index contributed by atoms with van der Waals surface area (Å²) in [6.07, 6.45) is 0. The molecule has 0 spiro atoms. The molecule has 0 aliphatic heterocycles. The van der Waals surface area contributed by atoms with Crippen LogP contribution in [0.15, 0.2) is 0 Å². The molecule has 0 aliphatic rings. The van der Waals surface area contributed by atoms with Crippen molar-refractivity contribution in [1.82, 2.24) is 0 Å². The fraction of sp³-hybridized carbons (Fsp3) is 1.00. The summed E-state index contributed by atoms with van der Waals surface area (Å²) in [5.41, 5.74) is 0. The lowest BCUT2D eigenvalue weighted by Gasteiger charge is -2.07. The van der Waals surface area contributed by atoms with Gasteiger partial charge in [0.05, 0.1) is 6.61 Å². The molecule has 5 heteroatoms. The van der Waals surface area contributed by atoms with E-state index in [-0.39, 0.29) is 11.4 Å². The van der Waals surface area contributed by atoms with Crippen LogP contribution in [0.3, 0.4) is 0 Å². The fourth-order valence-electron chi connectivity index (χ4n) is 0.235. The summed E-state index contributed by atoms with van der Waals surface area (Å²) in [7, 11) is 0. The van der Waals surface area contributed by atoms with Crippen LogP contribution in [0.1, 0.15) is 0 Å². The average Bonchev–Trinajstić information content (AvgIpc) is 1.83. The SMILES string of the molecule is OC(O)OCC(Br)CBr. The van der Waals surface area contributed by atoms with Gasteiger partial charge in [0.25, 0.3) is 6.48 Å². The molecule has 0 aromatic rings. The van der Waals surface area contributed by atoms with Gasteiger partial charge in [0.15, 0.2) is 0 Å². The van der Waals surface area contributed by atoms with Crippen LogP contribution in [0.5, 0.6) is 0 Å². The summed E-state index contributed by atoms with van der Waals surface area (Å²) in [6, 6.07) is 0. The van der Waals surface area contributed by atoms with Crippen molar-refractivity contribution in [2.24, 2.45) is 0 Å². The first-order valence-corrected chi connectivity index (χ1v) is 4.38. The van der Waals surface area contributed by atoms with E-state index in [2.05, 4.69) is 36.6 Å². The van der Waals surface area contributed by atoms with Crippen LogP contribution in [0.4, 0.5) is 0 Å². The summed E-state index contributed by atoms with van der Waals surface area (Å²) in [5.74, 6) is 0. The standard InChI is InChI=1S/C4H8Br2O3/c5-1-3(6)2-9-4(7)8/h3-4,7-8H,1-2H2. The molecule has 0 aromatic carbocycles. The first-order chi connectivity index (χ1) is 4.16.